The molecular formula is C14H10BrFO. The molecule has 2 rings (SSSR count). The van der Waals surface area contributed by atoms with Crippen LogP contribution in [0.2, 0.25) is 0 Å². The van der Waals surface area contributed by atoms with Crippen molar-refractivity contribution in [1.29, 1.82) is 0 Å². The maximum absolute atomic E-state index is 12.8. The second-order valence-corrected chi connectivity index (χ2v) is 4.77. The van der Waals surface area contributed by atoms with Gasteiger partial charge in [0.25, 0.3) is 0 Å². The van der Waals surface area contributed by atoms with Gasteiger partial charge in [0, 0.05) is 15.6 Å². The minimum absolute atomic E-state index is 0.102. The molecule has 1 nitrogen and oxygen atoms in total. The molecule has 0 saturated heterocycles. The number of aryl methyl sites for hydroxylation is 1. The quantitative estimate of drug-likeness (QED) is 0.761. The van der Waals surface area contributed by atoms with Crippen LogP contribution in [0.5, 0.6) is 0 Å². The van der Waals surface area contributed by atoms with E-state index in [1.807, 2.05) is 19.1 Å². The van der Waals surface area contributed by atoms with E-state index in [0.29, 0.717) is 11.1 Å². The predicted octanol–water partition coefficient (Wildman–Crippen LogP) is 4.13. The Hall–Kier alpha value is -1.48. The summed E-state index contributed by atoms with van der Waals surface area (Å²) >= 11 is 3.35. The van der Waals surface area contributed by atoms with Crippen molar-refractivity contribution in [2.75, 3.05) is 0 Å². The molecule has 0 bridgehead atoms. The van der Waals surface area contributed by atoms with Crippen molar-refractivity contribution in [3.63, 3.8) is 0 Å². The Balaban J connectivity index is 2.40. The zero-order valence-electron chi connectivity index (χ0n) is 9.21. The highest BCUT2D eigenvalue weighted by atomic mass is 79.9. The van der Waals surface area contributed by atoms with Gasteiger partial charge < -0.3 is 0 Å². The molecule has 2 aromatic rings. The molecule has 3 heteroatoms. The summed E-state index contributed by atoms with van der Waals surface area (Å²) in [5, 5.41) is 0. The molecule has 0 amide bonds. The molecular weight excluding hydrogens is 283 g/mol. The molecule has 0 radical (unpaired) electrons. The van der Waals surface area contributed by atoms with E-state index in [0.717, 1.165) is 10.0 Å². The van der Waals surface area contributed by atoms with Gasteiger partial charge in [-0.2, -0.15) is 0 Å². The van der Waals surface area contributed by atoms with Crippen molar-refractivity contribution in [1.82, 2.24) is 0 Å². The molecule has 0 aliphatic rings. The Kier molecular flexibility index (Phi) is 3.38. The lowest BCUT2D eigenvalue weighted by atomic mass is 10.0. The Morgan fingerprint density at radius 2 is 1.71 bits per heavy atom. The fourth-order valence-electron chi connectivity index (χ4n) is 1.64. The van der Waals surface area contributed by atoms with Gasteiger partial charge in [0.15, 0.2) is 5.78 Å². The number of halogens is 2. The maximum Gasteiger partial charge on any atom is 0.193 e. The number of hydrogen-bond donors (Lipinski definition) is 0. The molecule has 0 N–H and O–H groups in total. The summed E-state index contributed by atoms with van der Waals surface area (Å²) in [6.45, 7) is 1.92. The van der Waals surface area contributed by atoms with Crippen LogP contribution in [0.25, 0.3) is 0 Å². The first-order chi connectivity index (χ1) is 8.06. The van der Waals surface area contributed by atoms with Gasteiger partial charge in [0.1, 0.15) is 5.82 Å². The second-order valence-electron chi connectivity index (χ2n) is 3.85. The van der Waals surface area contributed by atoms with Crippen LogP contribution in [0.1, 0.15) is 21.5 Å². The van der Waals surface area contributed by atoms with Crippen LogP contribution < -0.4 is 0 Å². The van der Waals surface area contributed by atoms with Gasteiger partial charge >= 0.3 is 0 Å². The van der Waals surface area contributed by atoms with Gasteiger partial charge in [-0.05, 0) is 55.0 Å². The number of benzene rings is 2. The normalized spacial score (nSPS) is 10.3. The smallest absolute Gasteiger partial charge is 0.193 e. The van der Waals surface area contributed by atoms with E-state index in [4.69, 9.17) is 0 Å². The summed E-state index contributed by atoms with van der Waals surface area (Å²) in [5.41, 5.74) is 2.09. The lowest BCUT2D eigenvalue weighted by Gasteiger charge is -2.03. The molecule has 0 aliphatic heterocycles. The van der Waals surface area contributed by atoms with Gasteiger partial charge in [-0.15, -0.1) is 0 Å². The second kappa shape index (κ2) is 4.80. The van der Waals surface area contributed by atoms with E-state index >= 15 is 0 Å². The number of carbonyl (C=O) groups is 1. The van der Waals surface area contributed by atoms with Crippen molar-refractivity contribution in [2.24, 2.45) is 0 Å². The fourth-order valence-corrected chi connectivity index (χ4v) is 2.24. The topological polar surface area (TPSA) is 17.1 Å². The number of carbonyl (C=O) groups excluding carboxylic acids is 1. The van der Waals surface area contributed by atoms with Gasteiger partial charge in [0.2, 0.25) is 0 Å². The lowest BCUT2D eigenvalue weighted by Crippen LogP contribution is -2.01. The van der Waals surface area contributed by atoms with Crippen LogP contribution in [0.4, 0.5) is 4.39 Å². The van der Waals surface area contributed by atoms with Crippen LogP contribution in [-0.2, 0) is 0 Å². The van der Waals surface area contributed by atoms with Gasteiger partial charge in [-0.1, -0.05) is 15.9 Å². The van der Waals surface area contributed by atoms with Crippen molar-refractivity contribution < 1.29 is 9.18 Å². The molecule has 0 heterocycles. The highest BCUT2D eigenvalue weighted by Gasteiger charge is 2.10. The van der Waals surface area contributed by atoms with Crippen LogP contribution in [-0.4, -0.2) is 5.78 Å². The maximum atomic E-state index is 12.8. The Morgan fingerprint density at radius 3 is 2.29 bits per heavy atom. The zero-order valence-corrected chi connectivity index (χ0v) is 10.8. The zero-order chi connectivity index (χ0) is 12.4. The van der Waals surface area contributed by atoms with Gasteiger partial charge in [-0.25, -0.2) is 4.39 Å². The van der Waals surface area contributed by atoms with E-state index in [1.54, 1.807) is 6.07 Å². The van der Waals surface area contributed by atoms with Crippen molar-refractivity contribution in [2.45, 2.75) is 6.92 Å². The Labute approximate surface area is 107 Å². The molecule has 0 fully saturated rings. The molecule has 0 aromatic heterocycles. The Bertz CT molecular complexity index is 541. The molecule has 2 aromatic carbocycles. The first kappa shape index (κ1) is 12.0. The summed E-state index contributed by atoms with van der Waals surface area (Å²) in [4.78, 5) is 12.1. The summed E-state index contributed by atoms with van der Waals surface area (Å²) < 4.78 is 13.6. The minimum atomic E-state index is -0.341. The lowest BCUT2D eigenvalue weighted by molar-refractivity contribution is 0.103. The van der Waals surface area contributed by atoms with Gasteiger partial charge in [0.05, 0.1) is 0 Å². The van der Waals surface area contributed by atoms with E-state index < -0.39 is 0 Å². The summed E-state index contributed by atoms with van der Waals surface area (Å²) in [6, 6.07) is 11.1. The monoisotopic (exact) mass is 292 g/mol. The van der Waals surface area contributed by atoms with Crippen LogP contribution in [0, 0.1) is 12.7 Å². The number of rotatable bonds is 2. The highest BCUT2D eigenvalue weighted by molar-refractivity contribution is 9.10. The first-order valence-corrected chi connectivity index (χ1v) is 5.93. The molecule has 0 aliphatic carbocycles. The first-order valence-electron chi connectivity index (χ1n) is 5.14. The van der Waals surface area contributed by atoms with E-state index in [9.17, 15) is 9.18 Å². The SMILES string of the molecule is Cc1cc(Br)cc(C(=O)c2ccc(F)cc2)c1. The molecule has 0 unspecified atom stereocenters. The van der Waals surface area contributed by atoms with Crippen molar-refractivity contribution in [3.8, 4) is 0 Å². The predicted molar refractivity (Wildman–Crippen MR) is 68.7 cm³/mol. The largest absolute Gasteiger partial charge is 0.289 e. The van der Waals surface area contributed by atoms with Gasteiger partial charge in [-0.3, -0.25) is 4.79 Å². The van der Waals surface area contributed by atoms with Crippen molar-refractivity contribution in [3.05, 3.63) is 69.4 Å². The third-order valence-electron chi connectivity index (χ3n) is 2.41. The standard InChI is InChI=1S/C14H10BrFO/c1-9-6-11(8-12(15)7-9)14(17)10-2-4-13(16)5-3-10/h2-8H,1H3. The third kappa shape index (κ3) is 2.80. The highest BCUT2D eigenvalue weighted by Crippen LogP contribution is 2.18. The van der Waals surface area contributed by atoms with Crippen LogP contribution in [0.15, 0.2) is 46.9 Å². The fraction of sp³-hybridized carbons (Fsp3) is 0.0714. The Morgan fingerprint density at radius 1 is 1.06 bits per heavy atom. The number of hydrogen-bond acceptors (Lipinski definition) is 1. The summed E-state index contributed by atoms with van der Waals surface area (Å²) in [5.74, 6) is -0.443. The van der Waals surface area contributed by atoms with E-state index in [1.165, 1.54) is 24.3 Å². The van der Waals surface area contributed by atoms with Crippen LogP contribution >= 0.6 is 15.9 Å². The third-order valence-corrected chi connectivity index (χ3v) is 2.87. The molecule has 0 atom stereocenters. The van der Waals surface area contributed by atoms with Crippen molar-refractivity contribution >= 4 is 21.7 Å². The van der Waals surface area contributed by atoms with E-state index in [2.05, 4.69) is 15.9 Å². The van der Waals surface area contributed by atoms with Crippen LogP contribution in [0.3, 0.4) is 0 Å². The number of ketones is 1. The summed E-state index contributed by atoms with van der Waals surface area (Å²) in [7, 11) is 0. The molecule has 0 spiro atoms. The molecule has 17 heavy (non-hydrogen) atoms. The molecule has 86 valence electrons. The summed E-state index contributed by atoms with van der Waals surface area (Å²) in [6.07, 6.45) is 0. The van der Waals surface area contributed by atoms with E-state index in [-0.39, 0.29) is 11.6 Å². The average Bonchev–Trinajstić information content (AvgIpc) is 2.28. The minimum Gasteiger partial charge on any atom is -0.289 e. The average molecular weight is 293 g/mol. The molecule has 0 saturated carbocycles.